The number of nitrogens with zero attached hydrogens (tertiary/aromatic N) is 2. The maximum atomic E-state index is 12.1. The number of carbonyl (C=O) groups excluding carboxylic acids is 1. The second kappa shape index (κ2) is 6.33. The zero-order valence-corrected chi connectivity index (χ0v) is 12.5. The van der Waals surface area contributed by atoms with Gasteiger partial charge in [-0.15, -0.1) is 0 Å². The molecular weight excluding hydrogens is 334 g/mol. The molecule has 104 valence electrons. The van der Waals surface area contributed by atoms with Crippen LogP contribution in [0.4, 0.5) is 9.93 Å². The van der Waals surface area contributed by atoms with Crippen molar-refractivity contribution >= 4 is 44.4 Å². The molecule has 0 aliphatic carbocycles. The molecule has 0 spiro atoms. The van der Waals surface area contributed by atoms with E-state index in [1.54, 1.807) is 11.1 Å². The van der Waals surface area contributed by atoms with Crippen LogP contribution in [0.1, 0.15) is 25.7 Å². The van der Waals surface area contributed by atoms with Crippen LogP contribution < -0.4 is 5.32 Å². The van der Waals surface area contributed by atoms with E-state index in [0.717, 1.165) is 23.0 Å². The maximum absolute atomic E-state index is 12.1. The summed E-state index contributed by atoms with van der Waals surface area (Å²) in [5.41, 5.74) is 0. The topological polar surface area (TPSA) is 82.5 Å². The van der Waals surface area contributed by atoms with Crippen LogP contribution in [0.2, 0.25) is 0 Å². The highest BCUT2D eigenvalue weighted by molar-refractivity contribution is 9.11. The summed E-state index contributed by atoms with van der Waals surface area (Å²) in [7, 11) is 0. The van der Waals surface area contributed by atoms with Gasteiger partial charge in [0.1, 0.15) is 0 Å². The van der Waals surface area contributed by atoms with Crippen molar-refractivity contribution in [2.24, 2.45) is 0 Å². The normalized spacial score (nSPS) is 19.2. The summed E-state index contributed by atoms with van der Waals surface area (Å²) in [5.74, 6) is -0.873. The highest BCUT2D eigenvalue weighted by Crippen LogP contribution is 2.25. The number of piperidine rings is 1. The Morgan fingerprint density at radius 2 is 2.37 bits per heavy atom. The van der Waals surface area contributed by atoms with Crippen LogP contribution in [0, 0.1) is 0 Å². The first-order valence-electron chi connectivity index (χ1n) is 5.97. The number of carboxylic acids is 1. The van der Waals surface area contributed by atoms with Gasteiger partial charge in [0.2, 0.25) is 0 Å². The minimum atomic E-state index is -0.873. The number of amides is 2. The monoisotopic (exact) mass is 347 g/mol. The Morgan fingerprint density at radius 3 is 3.00 bits per heavy atom. The molecule has 2 heterocycles. The van der Waals surface area contributed by atoms with Crippen molar-refractivity contribution < 1.29 is 14.7 Å². The summed E-state index contributed by atoms with van der Waals surface area (Å²) in [6.07, 6.45) is 4.22. The van der Waals surface area contributed by atoms with Gasteiger partial charge in [0.25, 0.3) is 0 Å². The van der Waals surface area contributed by atoms with Crippen molar-refractivity contribution in [1.29, 1.82) is 0 Å². The molecule has 8 heteroatoms. The molecule has 1 aliphatic rings. The lowest BCUT2D eigenvalue weighted by atomic mass is 10.00. The fraction of sp³-hybridized carbons (Fsp3) is 0.545. The van der Waals surface area contributed by atoms with Gasteiger partial charge in [0.15, 0.2) is 5.13 Å². The first kappa shape index (κ1) is 14.3. The number of carbonyl (C=O) groups is 2. The highest BCUT2D eigenvalue weighted by Gasteiger charge is 2.28. The van der Waals surface area contributed by atoms with Crippen LogP contribution in [0.15, 0.2) is 9.98 Å². The van der Waals surface area contributed by atoms with Gasteiger partial charge >= 0.3 is 12.0 Å². The molecule has 0 bridgehead atoms. The predicted molar refractivity (Wildman–Crippen MR) is 75.4 cm³/mol. The summed E-state index contributed by atoms with van der Waals surface area (Å²) < 4.78 is 0.837. The average molecular weight is 348 g/mol. The average Bonchev–Trinajstić information content (AvgIpc) is 2.74. The SMILES string of the molecule is O=C(O)CC1CCCCN1C(=O)Nc1ncc(Br)s1. The van der Waals surface area contributed by atoms with Crippen LogP contribution in [-0.2, 0) is 4.79 Å². The number of anilines is 1. The molecule has 6 nitrogen and oxygen atoms in total. The fourth-order valence-corrected chi connectivity index (χ4v) is 3.25. The van der Waals surface area contributed by atoms with Gasteiger partial charge in [-0.3, -0.25) is 10.1 Å². The summed E-state index contributed by atoms with van der Waals surface area (Å²) in [6.45, 7) is 0.594. The van der Waals surface area contributed by atoms with Crippen LogP contribution in [-0.4, -0.2) is 39.6 Å². The Hall–Kier alpha value is -1.15. The van der Waals surface area contributed by atoms with E-state index in [4.69, 9.17) is 5.11 Å². The van der Waals surface area contributed by atoms with Gasteiger partial charge in [0, 0.05) is 12.6 Å². The number of thiazole rings is 1. The molecule has 1 aromatic heterocycles. The van der Waals surface area contributed by atoms with E-state index < -0.39 is 5.97 Å². The zero-order valence-electron chi connectivity index (χ0n) is 10.1. The van der Waals surface area contributed by atoms with Gasteiger partial charge in [-0.2, -0.15) is 0 Å². The third kappa shape index (κ3) is 3.90. The van der Waals surface area contributed by atoms with Crippen molar-refractivity contribution in [3.8, 4) is 0 Å². The predicted octanol–water partition coefficient (Wildman–Crippen LogP) is 2.77. The molecule has 0 aromatic carbocycles. The lowest BCUT2D eigenvalue weighted by Gasteiger charge is -2.34. The van der Waals surface area contributed by atoms with Crippen molar-refractivity contribution in [2.75, 3.05) is 11.9 Å². The minimum Gasteiger partial charge on any atom is -0.481 e. The highest BCUT2D eigenvalue weighted by atomic mass is 79.9. The number of urea groups is 1. The Kier molecular flexibility index (Phi) is 4.76. The number of carboxylic acid groups (broad SMARTS) is 1. The number of hydrogen-bond acceptors (Lipinski definition) is 4. The standard InChI is InChI=1S/C11H14BrN3O3S/c12-8-6-13-10(19-8)14-11(18)15-4-2-1-3-7(15)5-9(16)17/h6-7H,1-5H2,(H,16,17)(H,13,14,18). The molecule has 2 N–H and O–H groups in total. The number of rotatable bonds is 3. The molecule has 19 heavy (non-hydrogen) atoms. The number of nitrogens with one attached hydrogen (secondary N) is 1. The second-order valence-corrected chi connectivity index (χ2v) is 6.75. The molecule has 1 atom stereocenters. The summed E-state index contributed by atoms with van der Waals surface area (Å²) >= 11 is 4.60. The van der Waals surface area contributed by atoms with Gasteiger partial charge in [-0.05, 0) is 35.2 Å². The number of hydrogen-bond donors (Lipinski definition) is 2. The Bertz CT molecular complexity index is 480. The second-order valence-electron chi connectivity index (χ2n) is 4.34. The Morgan fingerprint density at radius 1 is 1.58 bits per heavy atom. The molecule has 1 aromatic rings. The molecular formula is C11H14BrN3O3S. The minimum absolute atomic E-state index is 0.00498. The maximum Gasteiger partial charge on any atom is 0.323 e. The molecule has 2 amide bonds. The molecule has 1 aliphatic heterocycles. The quantitative estimate of drug-likeness (QED) is 0.880. The third-order valence-corrected chi connectivity index (χ3v) is 4.38. The van der Waals surface area contributed by atoms with E-state index in [1.165, 1.54) is 11.3 Å². The van der Waals surface area contributed by atoms with Crippen molar-refractivity contribution in [1.82, 2.24) is 9.88 Å². The van der Waals surface area contributed by atoms with Crippen molar-refractivity contribution in [3.05, 3.63) is 9.98 Å². The first-order chi connectivity index (χ1) is 9.06. The van der Waals surface area contributed by atoms with E-state index >= 15 is 0 Å². The van der Waals surface area contributed by atoms with Crippen molar-refractivity contribution in [3.63, 3.8) is 0 Å². The number of aromatic nitrogens is 1. The van der Waals surface area contributed by atoms with E-state index in [-0.39, 0.29) is 18.5 Å². The van der Waals surface area contributed by atoms with Gasteiger partial charge in [-0.1, -0.05) is 11.3 Å². The first-order valence-corrected chi connectivity index (χ1v) is 7.58. The Balaban J connectivity index is 2.00. The Labute approximate surface area is 122 Å². The largest absolute Gasteiger partial charge is 0.481 e. The lowest BCUT2D eigenvalue weighted by molar-refractivity contribution is -0.138. The summed E-state index contributed by atoms with van der Waals surface area (Å²) in [5, 5.41) is 12.1. The van der Waals surface area contributed by atoms with Crippen LogP contribution in [0.3, 0.4) is 0 Å². The van der Waals surface area contributed by atoms with Gasteiger partial charge in [-0.25, -0.2) is 9.78 Å². The van der Waals surface area contributed by atoms with E-state index in [1.807, 2.05) is 0 Å². The summed E-state index contributed by atoms with van der Waals surface area (Å²) in [4.78, 5) is 28.6. The lowest BCUT2D eigenvalue weighted by Crippen LogP contribution is -2.46. The van der Waals surface area contributed by atoms with Crippen LogP contribution >= 0.6 is 27.3 Å². The molecule has 1 unspecified atom stereocenters. The molecule has 2 rings (SSSR count). The molecule has 0 radical (unpaired) electrons. The number of likely N-dealkylation sites (tertiary alicyclic amines) is 1. The van der Waals surface area contributed by atoms with Crippen molar-refractivity contribution in [2.45, 2.75) is 31.7 Å². The van der Waals surface area contributed by atoms with E-state index in [9.17, 15) is 9.59 Å². The third-order valence-electron chi connectivity index (χ3n) is 2.99. The summed E-state index contributed by atoms with van der Waals surface area (Å²) in [6, 6.07) is -0.498. The fourth-order valence-electron chi connectivity index (χ4n) is 2.16. The van der Waals surface area contributed by atoms with Gasteiger partial charge in [0.05, 0.1) is 16.4 Å². The smallest absolute Gasteiger partial charge is 0.323 e. The van der Waals surface area contributed by atoms with Crippen LogP contribution in [0.25, 0.3) is 0 Å². The zero-order chi connectivity index (χ0) is 13.8. The van der Waals surface area contributed by atoms with Gasteiger partial charge < -0.3 is 10.0 Å². The van der Waals surface area contributed by atoms with E-state index in [2.05, 4.69) is 26.2 Å². The van der Waals surface area contributed by atoms with E-state index in [0.29, 0.717) is 11.7 Å². The molecule has 1 fully saturated rings. The number of halogens is 1. The van der Waals surface area contributed by atoms with Crippen LogP contribution in [0.5, 0.6) is 0 Å². The molecule has 0 saturated carbocycles. The number of aliphatic carboxylic acids is 1. The molecule has 1 saturated heterocycles.